The van der Waals surface area contributed by atoms with Gasteiger partial charge in [-0.15, -0.1) is 0 Å². The zero-order valence-corrected chi connectivity index (χ0v) is 9.73. The summed E-state index contributed by atoms with van der Waals surface area (Å²) in [4.78, 5) is 0. The number of nitrogens with one attached hydrogen (secondary N) is 1. The van der Waals surface area contributed by atoms with E-state index >= 15 is 0 Å². The van der Waals surface area contributed by atoms with E-state index in [1.54, 1.807) is 6.07 Å². The highest BCUT2D eigenvalue weighted by molar-refractivity contribution is 5.22. The molecule has 0 fully saturated rings. The van der Waals surface area contributed by atoms with Gasteiger partial charge in [-0.25, -0.2) is 0 Å². The second kappa shape index (κ2) is 5.33. The molecule has 3 nitrogen and oxygen atoms in total. The Bertz CT molecular complexity index is 537. The number of furan rings is 1. The molecule has 3 heteroatoms. The molecule has 0 aliphatic carbocycles. The van der Waals surface area contributed by atoms with Gasteiger partial charge in [0.2, 0.25) is 5.76 Å². The Balaban J connectivity index is 1.85. The lowest BCUT2D eigenvalue weighted by Gasteiger charge is -2.03. The first-order chi connectivity index (χ1) is 8.28. The zero-order valence-electron chi connectivity index (χ0n) is 9.73. The number of nitrogens with zero attached hydrogens (tertiary/aromatic N) is 1. The van der Waals surface area contributed by atoms with Gasteiger partial charge in [-0.3, -0.25) is 0 Å². The molecule has 0 aliphatic heterocycles. The summed E-state index contributed by atoms with van der Waals surface area (Å²) < 4.78 is 5.27. The van der Waals surface area contributed by atoms with Crippen LogP contribution in [-0.4, -0.2) is 0 Å². The third-order valence-corrected chi connectivity index (χ3v) is 2.48. The highest BCUT2D eigenvalue weighted by Gasteiger charge is 2.00. The van der Waals surface area contributed by atoms with Crippen molar-refractivity contribution in [3.8, 4) is 6.07 Å². The Morgan fingerprint density at radius 1 is 1.24 bits per heavy atom. The first kappa shape index (κ1) is 11.4. The van der Waals surface area contributed by atoms with Gasteiger partial charge in [-0.2, -0.15) is 5.26 Å². The van der Waals surface area contributed by atoms with Gasteiger partial charge < -0.3 is 9.73 Å². The maximum atomic E-state index is 8.62. The molecule has 0 radical (unpaired) electrons. The van der Waals surface area contributed by atoms with Crippen LogP contribution < -0.4 is 5.32 Å². The Kier molecular flexibility index (Phi) is 3.59. The van der Waals surface area contributed by atoms with Gasteiger partial charge in [0.15, 0.2) is 0 Å². The standard InChI is InChI=1S/C14H14N2O/c1-11-3-2-4-12(7-11)9-16-10-14-6-5-13(8-15)17-14/h2-7,16H,9-10H2,1H3. The second-order valence-corrected chi connectivity index (χ2v) is 3.97. The SMILES string of the molecule is Cc1cccc(CNCc2ccc(C#N)o2)c1. The van der Waals surface area contributed by atoms with Crippen molar-refractivity contribution < 1.29 is 4.42 Å². The summed E-state index contributed by atoms with van der Waals surface area (Å²) in [5.41, 5.74) is 2.51. The van der Waals surface area contributed by atoms with Crippen molar-refractivity contribution >= 4 is 0 Å². The predicted molar refractivity (Wildman–Crippen MR) is 65.1 cm³/mol. The number of hydrogen-bond donors (Lipinski definition) is 1. The smallest absolute Gasteiger partial charge is 0.203 e. The molecule has 1 N–H and O–H groups in total. The van der Waals surface area contributed by atoms with E-state index in [2.05, 4.69) is 30.4 Å². The fourth-order valence-corrected chi connectivity index (χ4v) is 1.69. The minimum atomic E-state index is 0.359. The van der Waals surface area contributed by atoms with Gasteiger partial charge in [-0.05, 0) is 24.6 Å². The zero-order chi connectivity index (χ0) is 12.1. The van der Waals surface area contributed by atoms with Crippen molar-refractivity contribution in [2.45, 2.75) is 20.0 Å². The van der Waals surface area contributed by atoms with E-state index in [1.165, 1.54) is 11.1 Å². The molecule has 1 heterocycles. The van der Waals surface area contributed by atoms with E-state index in [0.717, 1.165) is 12.3 Å². The van der Waals surface area contributed by atoms with Crippen LogP contribution in [0.3, 0.4) is 0 Å². The van der Waals surface area contributed by atoms with Crippen LogP contribution in [0.15, 0.2) is 40.8 Å². The van der Waals surface area contributed by atoms with E-state index in [9.17, 15) is 0 Å². The van der Waals surface area contributed by atoms with Crippen molar-refractivity contribution in [1.82, 2.24) is 5.32 Å². The average Bonchev–Trinajstić information content (AvgIpc) is 2.77. The summed E-state index contributed by atoms with van der Waals surface area (Å²) in [6.45, 7) is 3.51. The van der Waals surface area contributed by atoms with Gasteiger partial charge in [0.1, 0.15) is 11.8 Å². The normalized spacial score (nSPS) is 10.1. The molecule has 2 rings (SSSR count). The van der Waals surface area contributed by atoms with Gasteiger partial charge in [0.05, 0.1) is 6.54 Å². The molecule has 86 valence electrons. The first-order valence-electron chi connectivity index (χ1n) is 5.53. The van der Waals surface area contributed by atoms with Crippen LogP contribution in [0.25, 0.3) is 0 Å². The van der Waals surface area contributed by atoms with Gasteiger partial charge in [0, 0.05) is 6.54 Å². The lowest BCUT2D eigenvalue weighted by Crippen LogP contribution is -2.12. The maximum absolute atomic E-state index is 8.62. The third-order valence-electron chi connectivity index (χ3n) is 2.48. The highest BCUT2D eigenvalue weighted by atomic mass is 16.3. The van der Waals surface area contributed by atoms with Gasteiger partial charge >= 0.3 is 0 Å². The third kappa shape index (κ3) is 3.20. The Morgan fingerprint density at radius 3 is 2.82 bits per heavy atom. The van der Waals surface area contributed by atoms with Crippen LogP contribution in [0, 0.1) is 18.3 Å². The molecule has 0 saturated heterocycles. The first-order valence-corrected chi connectivity index (χ1v) is 5.53. The molecule has 0 atom stereocenters. The van der Waals surface area contributed by atoms with E-state index in [0.29, 0.717) is 12.3 Å². The van der Waals surface area contributed by atoms with E-state index in [4.69, 9.17) is 9.68 Å². The minimum absolute atomic E-state index is 0.359. The Morgan fingerprint density at radius 2 is 2.12 bits per heavy atom. The summed E-state index contributed by atoms with van der Waals surface area (Å²) in [7, 11) is 0. The monoisotopic (exact) mass is 226 g/mol. The fourth-order valence-electron chi connectivity index (χ4n) is 1.69. The highest BCUT2D eigenvalue weighted by Crippen LogP contribution is 2.07. The van der Waals surface area contributed by atoms with Crippen LogP contribution in [0.2, 0.25) is 0 Å². The summed E-state index contributed by atoms with van der Waals surface area (Å²) in [5, 5.41) is 11.9. The number of aryl methyl sites for hydroxylation is 1. The molecule has 0 amide bonds. The van der Waals surface area contributed by atoms with E-state index in [-0.39, 0.29) is 0 Å². The molecule has 0 saturated carbocycles. The topological polar surface area (TPSA) is 49.0 Å². The van der Waals surface area contributed by atoms with Crippen molar-refractivity contribution in [2.24, 2.45) is 0 Å². The van der Waals surface area contributed by atoms with Gasteiger partial charge in [-0.1, -0.05) is 29.8 Å². The summed E-state index contributed by atoms with van der Waals surface area (Å²) in [5.74, 6) is 1.14. The largest absolute Gasteiger partial charge is 0.449 e. The van der Waals surface area contributed by atoms with E-state index < -0.39 is 0 Å². The Hall–Kier alpha value is -2.05. The van der Waals surface area contributed by atoms with Crippen molar-refractivity contribution in [2.75, 3.05) is 0 Å². The minimum Gasteiger partial charge on any atom is -0.449 e. The molecule has 17 heavy (non-hydrogen) atoms. The summed E-state index contributed by atoms with van der Waals surface area (Å²) in [6, 6.07) is 13.8. The predicted octanol–water partition coefficient (Wildman–Crippen LogP) is 2.75. The summed E-state index contributed by atoms with van der Waals surface area (Å²) >= 11 is 0. The number of benzene rings is 1. The molecule has 0 bridgehead atoms. The Labute approximate surface area is 101 Å². The van der Waals surface area contributed by atoms with Crippen LogP contribution in [0.4, 0.5) is 0 Å². The molecule has 2 aromatic rings. The molecular formula is C14H14N2O. The quantitative estimate of drug-likeness (QED) is 0.872. The second-order valence-electron chi connectivity index (χ2n) is 3.97. The van der Waals surface area contributed by atoms with Crippen LogP contribution in [0.5, 0.6) is 0 Å². The molecular weight excluding hydrogens is 212 g/mol. The average molecular weight is 226 g/mol. The van der Waals surface area contributed by atoms with Crippen molar-refractivity contribution in [3.63, 3.8) is 0 Å². The lowest BCUT2D eigenvalue weighted by molar-refractivity contribution is 0.474. The molecule has 1 aromatic heterocycles. The van der Waals surface area contributed by atoms with Crippen LogP contribution >= 0.6 is 0 Å². The number of rotatable bonds is 4. The van der Waals surface area contributed by atoms with Crippen LogP contribution in [-0.2, 0) is 13.1 Å². The lowest BCUT2D eigenvalue weighted by atomic mass is 10.1. The number of nitriles is 1. The summed E-state index contributed by atoms with van der Waals surface area (Å²) in [6.07, 6.45) is 0. The van der Waals surface area contributed by atoms with Gasteiger partial charge in [0.25, 0.3) is 0 Å². The fraction of sp³-hybridized carbons (Fsp3) is 0.214. The van der Waals surface area contributed by atoms with Crippen molar-refractivity contribution in [3.05, 3.63) is 59.0 Å². The molecule has 0 unspecified atom stereocenters. The maximum Gasteiger partial charge on any atom is 0.203 e. The molecule has 0 aliphatic rings. The van der Waals surface area contributed by atoms with Crippen LogP contribution in [0.1, 0.15) is 22.6 Å². The molecule has 1 aromatic carbocycles. The van der Waals surface area contributed by atoms with Crippen molar-refractivity contribution in [1.29, 1.82) is 5.26 Å². The van der Waals surface area contributed by atoms with E-state index in [1.807, 2.05) is 18.2 Å². The molecule has 0 spiro atoms. The number of hydrogen-bond acceptors (Lipinski definition) is 3.